The Kier molecular flexibility index (Phi) is 4.27. The van der Waals surface area contributed by atoms with Crippen LogP contribution in [0.2, 0.25) is 0 Å². The molecule has 3 rings (SSSR count). The van der Waals surface area contributed by atoms with Gasteiger partial charge in [0.15, 0.2) is 11.5 Å². The molecule has 1 aliphatic heterocycles. The summed E-state index contributed by atoms with van der Waals surface area (Å²) in [7, 11) is 1.42. The van der Waals surface area contributed by atoms with Crippen LogP contribution in [0, 0.1) is 0 Å². The fourth-order valence-corrected chi connectivity index (χ4v) is 2.70. The molecule has 6 heteroatoms. The second-order valence-electron chi connectivity index (χ2n) is 5.87. The van der Waals surface area contributed by atoms with Gasteiger partial charge in [-0.25, -0.2) is 9.59 Å². The summed E-state index contributed by atoms with van der Waals surface area (Å²) in [5, 5.41) is 0. The Bertz CT molecular complexity index is 857. The lowest BCUT2D eigenvalue weighted by Crippen LogP contribution is -2.48. The zero-order chi connectivity index (χ0) is 18.0. The monoisotopic (exact) mass is 340 g/mol. The topological polar surface area (TPSA) is 78.9 Å². The van der Waals surface area contributed by atoms with Gasteiger partial charge in [-0.2, -0.15) is 0 Å². The summed E-state index contributed by atoms with van der Waals surface area (Å²) in [6, 6.07) is 11.4. The number of methoxy groups -OCH3 is 1. The third-order valence-electron chi connectivity index (χ3n) is 4.04. The van der Waals surface area contributed by atoms with E-state index in [1.165, 1.54) is 26.2 Å². The van der Waals surface area contributed by atoms with Crippen LogP contribution in [0.4, 0.5) is 0 Å². The summed E-state index contributed by atoms with van der Waals surface area (Å²) in [5.41, 5.74) is 0.0213. The Morgan fingerprint density at radius 1 is 1.20 bits per heavy atom. The highest BCUT2D eigenvalue weighted by Crippen LogP contribution is 2.33. The molecule has 0 fully saturated rings. The summed E-state index contributed by atoms with van der Waals surface area (Å²) < 4.78 is 15.9. The first-order chi connectivity index (χ1) is 12.0. The van der Waals surface area contributed by atoms with Gasteiger partial charge >= 0.3 is 11.9 Å². The molecule has 6 nitrogen and oxygen atoms in total. The highest BCUT2D eigenvalue weighted by molar-refractivity contribution is 5.96. The van der Waals surface area contributed by atoms with Gasteiger partial charge in [-0.05, 0) is 36.8 Å². The molecule has 128 valence electrons. The highest BCUT2D eigenvalue weighted by atomic mass is 16.6. The number of hydrogen-bond acceptors (Lipinski definition) is 6. The van der Waals surface area contributed by atoms with Crippen LogP contribution in [0.3, 0.4) is 0 Å². The number of hydrogen-bond donors (Lipinski definition) is 0. The van der Waals surface area contributed by atoms with E-state index in [2.05, 4.69) is 0 Å². The van der Waals surface area contributed by atoms with E-state index in [9.17, 15) is 14.4 Å². The van der Waals surface area contributed by atoms with Gasteiger partial charge in [0.1, 0.15) is 6.29 Å². The third kappa shape index (κ3) is 3.10. The minimum absolute atomic E-state index is 0.0910. The molecule has 0 amide bonds. The van der Waals surface area contributed by atoms with Crippen LogP contribution in [0.25, 0.3) is 0 Å². The zero-order valence-electron chi connectivity index (χ0n) is 13.8. The predicted octanol–water partition coefficient (Wildman–Crippen LogP) is 2.58. The van der Waals surface area contributed by atoms with Gasteiger partial charge in [-0.3, -0.25) is 4.79 Å². The van der Waals surface area contributed by atoms with E-state index < -0.39 is 17.5 Å². The van der Waals surface area contributed by atoms with E-state index in [4.69, 9.17) is 14.2 Å². The van der Waals surface area contributed by atoms with Crippen molar-refractivity contribution < 1.29 is 28.6 Å². The van der Waals surface area contributed by atoms with Gasteiger partial charge in [0, 0.05) is 12.0 Å². The van der Waals surface area contributed by atoms with Crippen LogP contribution < -0.4 is 9.47 Å². The molecule has 1 aliphatic rings. The Hall–Kier alpha value is -3.15. The highest BCUT2D eigenvalue weighted by Gasteiger charge is 2.44. The molecule has 0 aromatic heterocycles. The average molecular weight is 340 g/mol. The number of cyclic esters (lactones) is 1. The van der Waals surface area contributed by atoms with Gasteiger partial charge < -0.3 is 14.2 Å². The van der Waals surface area contributed by atoms with Gasteiger partial charge in [-0.15, -0.1) is 0 Å². The Balaban J connectivity index is 1.89. The van der Waals surface area contributed by atoms with Crippen molar-refractivity contribution in [2.24, 2.45) is 0 Å². The van der Waals surface area contributed by atoms with E-state index in [1.54, 1.807) is 30.3 Å². The normalized spacial score (nSPS) is 18.7. The molecule has 0 N–H and O–H groups in total. The van der Waals surface area contributed by atoms with Crippen molar-refractivity contribution in [3.05, 3.63) is 59.2 Å². The molecule has 0 spiro atoms. The lowest BCUT2D eigenvalue weighted by Gasteiger charge is -2.32. The van der Waals surface area contributed by atoms with Crippen molar-refractivity contribution in [3.63, 3.8) is 0 Å². The lowest BCUT2D eigenvalue weighted by atomic mass is 9.90. The van der Waals surface area contributed by atoms with E-state index in [1.807, 2.05) is 0 Å². The quantitative estimate of drug-likeness (QED) is 0.483. The first-order valence-electron chi connectivity index (χ1n) is 7.63. The molecule has 2 aromatic rings. The van der Waals surface area contributed by atoms with Crippen molar-refractivity contribution in [1.82, 2.24) is 0 Å². The summed E-state index contributed by atoms with van der Waals surface area (Å²) in [6.07, 6.45) is 0.832. The smallest absolute Gasteiger partial charge is 0.356 e. The lowest BCUT2D eigenvalue weighted by molar-refractivity contribution is -0.155. The SMILES string of the molecule is COc1ccc(C=O)cc1OC(=O)[C@]1(C)Cc2ccccc2C(=O)O1. The van der Waals surface area contributed by atoms with Gasteiger partial charge in [0.05, 0.1) is 12.7 Å². The van der Waals surface area contributed by atoms with Crippen molar-refractivity contribution in [3.8, 4) is 11.5 Å². The number of ether oxygens (including phenoxy) is 3. The van der Waals surface area contributed by atoms with E-state index in [-0.39, 0.29) is 12.2 Å². The van der Waals surface area contributed by atoms with Crippen LogP contribution in [0.5, 0.6) is 11.5 Å². The van der Waals surface area contributed by atoms with Crippen molar-refractivity contribution in [2.45, 2.75) is 18.9 Å². The molecule has 0 unspecified atom stereocenters. The fraction of sp³-hybridized carbons (Fsp3) is 0.211. The van der Waals surface area contributed by atoms with Crippen LogP contribution in [0.1, 0.15) is 33.2 Å². The molecule has 0 aliphatic carbocycles. The molecular weight excluding hydrogens is 324 g/mol. The van der Waals surface area contributed by atoms with Gasteiger partial charge in [-0.1, -0.05) is 18.2 Å². The maximum absolute atomic E-state index is 12.7. The number of rotatable bonds is 4. The summed E-state index contributed by atoms with van der Waals surface area (Å²) in [5.74, 6) is -0.926. The maximum Gasteiger partial charge on any atom is 0.356 e. The zero-order valence-corrected chi connectivity index (χ0v) is 13.8. The second-order valence-corrected chi connectivity index (χ2v) is 5.87. The molecule has 0 saturated carbocycles. The molecule has 25 heavy (non-hydrogen) atoms. The minimum atomic E-state index is -1.46. The molecular formula is C19H16O6. The predicted molar refractivity (Wildman–Crippen MR) is 88.0 cm³/mol. The van der Waals surface area contributed by atoms with Crippen LogP contribution in [-0.4, -0.2) is 30.9 Å². The Morgan fingerprint density at radius 2 is 1.96 bits per heavy atom. The standard InChI is InChI=1S/C19H16O6/c1-19(10-13-5-3-4-6-14(13)17(21)25-19)18(22)24-16-9-12(11-20)7-8-15(16)23-2/h3-9,11H,10H2,1-2H3/t19-/m0/s1. The van der Waals surface area contributed by atoms with Crippen molar-refractivity contribution in [2.75, 3.05) is 7.11 Å². The summed E-state index contributed by atoms with van der Waals surface area (Å²) in [6.45, 7) is 1.50. The van der Waals surface area contributed by atoms with Crippen LogP contribution in [0.15, 0.2) is 42.5 Å². The maximum atomic E-state index is 12.7. The second kappa shape index (κ2) is 6.39. The van der Waals surface area contributed by atoms with Crippen molar-refractivity contribution in [1.29, 1.82) is 0 Å². The average Bonchev–Trinajstić information content (AvgIpc) is 2.61. The Labute approximate surface area is 144 Å². The first-order valence-corrected chi connectivity index (χ1v) is 7.63. The van der Waals surface area contributed by atoms with E-state index >= 15 is 0 Å². The number of fused-ring (bicyclic) bond motifs is 1. The molecule has 0 bridgehead atoms. The van der Waals surface area contributed by atoms with Gasteiger partial charge in [0.2, 0.25) is 5.60 Å². The van der Waals surface area contributed by atoms with E-state index in [0.717, 1.165) is 0 Å². The minimum Gasteiger partial charge on any atom is -0.493 e. The summed E-state index contributed by atoms with van der Waals surface area (Å²) >= 11 is 0. The first kappa shape index (κ1) is 16.7. The van der Waals surface area contributed by atoms with Crippen LogP contribution in [-0.2, 0) is 16.0 Å². The number of carbonyl (C=O) groups is 3. The largest absolute Gasteiger partial charge is 0.493 e. The molecule has 0 radical (unpaired) electrons. The Morgan fingerprint density at radius 3 is 2.68 bits per heavy atom. The number of benzene rings is 2. The molecule has 1 atom stereocenters. The number of esters is 2. The molecule has 0 saturated heterocycles. The van der Waals surface area contributed by atoms with Crippen LogP contribution >= 0.6 is 0 Å². The molecule has 2 aromatic carbocycles. The fourth-order valence-electron chi connectivity index (χ4n) is 2.70. The van der Waals surface area contributed by atoms with Gasteiger partial charge in [0.25, 0.3) is 0 Å². The van der Waals surface area contributed by atoms with E-state index in [0.29, 0.717) is 28.7 Å². The number of aldehydes is 1. The third-order valence-corrected chi connectivity index (χ3v) is 4.04. The molecule has 1 heterocycles. The van der Waals surface area contributed by atoms with Crippen molar-refractivity contribution >= 4 is 18.2 Å². The number of carbonyl (C=O) groups excluding carboxylic acids is 3. The summed E-state index contributed by atoms with van der Waals surface area (Å²) in [4.78, 5) is 35.8.